The second-order valence-corrected chi connectivity index (χ2v) is 13.1. The molecule has 0 radical (unpaired) electrons. The number of ether oxygens (including phenoxy) is 1. The van der Waals surface area contributed by atoms with E-state index in [4.69, 9.17) is 9.72 Å². The molecule has 4 aromatic rings. The van der Waals surface area contributed by atoms with Crippen LogP contribution in [0.25, 0.3) is 22.4 Å². The van der Waals surface area contributed by atoms with E-state index in [0.717, 1.165) is 66.6 Å². The SMILES string of the molecule is CC(C)(C)NC(=O)Nc1ccc(OCCN2CCN(c3cccc4[nH]c(-c5cccc(C(C)(C)C)c5)nc34)CC2)cc1. The fourth-order valence-electron chi connectivity index (χ4n) is 5.18. The molecule has 42 heavy (non-hydrogen) atoms. The van der Waals surface area contributed by atoms with Crippen LogP contribution >= 0.6 is 0 Å². The zero-order valence-electron chi connectivity index (χ0n) is 25.8. The standard InChI is InChI=1S/C34H44N6O2/c1-33(2,3)25-10-7-9-24(23-25)31-36-28-11-8-12-29(30(28)37-31)40-19-17-39(18-20-40)21-22-42-27-15-13-26(14-16-27)35-32(41)38-34(4,5)6/h7-16,23H,17-22H2,1-6H3,(H,36,37)(H2,35,38,41). The number of urea groups is 1. The molecule has 1 aliphatic heterocycles. The average molecular weight is 569 g/mol. The second-order valence-electron chi connectivity index (χ2n) is 13.1. The molecule has 0 bridgehead atoms. The maximum atomic E-state index is 12.1. The summed E-state index contributed by atoms with van der Waals surface area (Å²) in [4.78, 5) is 25.6. The average Bonchev–Trinajstić information content (AvgIpc) is 3.38. The summed E-state index contributed by atoms with van der Waals surface area (Å²) in [6, 6.07) is 22.4. The number of nitrogens with one attached hydrogen (secondary N) is 3. The van der Waals surface area contributed by atoms with Gasteiger partial charge in [0.15, 0.2) is 0 Å². The Labute approximate surface area is 249 Å². The third kappa shape index (κ3) is 7.42. The highest BCUT2D eigenvalue weighted by molar-refractivity contribution is 5.91. The van der Waals surface area contributed by atoms with Gasteiger partial charge in [-0.3, -0.25) is 4.90 Å². The van der Waals surface area contributed by atoms with Gasteiger partial charge in [-0.25, -0.2) is 9.78 Å². The highest BCUT2D eigenvalue weighted by atomic mass is 16.5. The number of hydrogen-bond donors (Lipinski definition) is 3. The number of carbonyl (C=O) groups excluding carboxylic acids is 1. The zero-order valence-corrected chi connectivity index (χ0v) is 25.8. The number of hydrogen-bond acceptors (Lipinski definition) is 5. The van der Waals surface area contributed by atoms with Crippen molar-refractivity contribution in [3.63, 3.8) is 0 Å². The highest BCUT2D eigenvalue weighted by Crippen LogP contribution is 2.31. The van der Waals surface area contributed by atoms with Crippen molar-refractivity contribution >= 4 is 28.4 Å². The molecule has 0 spiro atoms. The fraction of sp³-hybridized carbons (Fsp3) is 0.412. The molecule has 2 amide bonds. The lowest BCUT2D eigenvalue weighted by Gasteiger charge is -2.36. The van der Waals surface area contributed by atoms with Crippen molar-refractivity contribution in [2.24, 2.45) is 0 Å². The number of aromatic amines is 1. The van der Waals surface area contributed by atoms with Crippen molar-refractivity contribution in [3.05, 3.63) is 72.3 Å². The Bertz CT molecular complexity index is 1510. The maximum absolute atomic E-state index is 12.1. The van der Waals surface area contributed by atoms with Crippen LogP contribution in [0.1, 0.15) is 47.1 Å². The minimum absolute atomic E-state index is 0.0886. The molecule has 8 nitrogen and oxygen atoms in total. The van der Waals surface area contributed by atoms with Gasteiger partial charge < -0.3 is 25.3 Å². The van der Waals surface area contributed by atoms with Crippen LogP contribution < -0.4 is 20.3 Å². The van der Waals surface area contributed by atoms with E-state index in [1.54, 1.807) is 0 Å². The molecular weight excluding hydrogens is 524 g/mol. The molecule has 3 aromatic carbocycles. The van der Waals surface area contributed by atoms with Crippen LogP contribution in [0.15, 0.2) is 66.7 Å². The van der Waals surface area contributed by atoms with E-state index in [0.29, 0.717) is 6.61 Å². The third-order valence-corrected chi connectivity index (χ3v) is 7.48. The van der Waals surface area contributed by atoms with E-state index < -0.39 is 0 Å². The van der Waals surface area contributed by atoms with Gasteiger partial charge in [-0.15, -0.1) is 0 Å². The van der Waals surface area contributed by atoms with Crippen LogP contribution in [0.2, 0.25) is 0 Å². The number of benzene rings is 3. The second kappa shape index (κ2) is 12.1. The molecule has 1 aromatic heterocycles. The summed E-state index contributed by atoms with van der Waals surface area (Å²) in [7, 11) is 0. The van der Waals surface area contributed by atoms with Crippen LogP contribution in [-0.4, -0.2) is 65.8 Å². The predicted molar refractivity (Wildman–Crippen MR) is 173 cm³/mol. The minimum Gasteiger partial charge on any atom is -0.492 e. The van der Waals surface area contributed by atoms with Gasteiger partial charge in [0, 0.05) is 49.5 Å². The van der Waals surface area contributed by atoms with Gasteiger partial charge in [0.2, 0.25) is 0 Å². The van der Waals surface area contributed by atoms with Crippen molar-refractivity contribution in [2.75, 3.05) is 49.5 Å². The van der Waals surface area contributed by atoms with Gasteiger partial charge in [0.1, 0.15) is 23.7 Å². The van der Waals surface area contributed by atoms with E-state index in [1.165, 1.54) is 11.3 Å². The molecule has 222 valence electrons. The quantitative estimate of drug-likeness (QED) is 0.233. The molecule has 0 atom stereocenters. The first kappa shape index (κ1) is 29.5. The van der Waals surface area contributed by atoms with E-state index in [2.05, 4.69) is 88.7 Å². The lowest BCUT2D eigenvalue weighted by Crippen LogP contribution is -2.47. The molecule has 3 N–H and O–H groups in total. The summed E-state index contributed by atoms with van der Waals surface area (Å²) >= 11 is 0. The van der Waals surface area contributed by atoms with Gasteiger partial charge in [-0.1, -0.05) is 45.0 Å². The normalized spacial score (nSPS) is 14.7. The van der Waals surface area contributed by atoms with Gasteiger partial charge in [-0.05, 0) is 74.2 Å². The van der Waals surface area contributed by atoms with Crippen LogP contribution in [-0.2, 0) is 5.41 Å². The number of rotatable bonds is 7. The Morgan fingerprint density at radius 1 is 0.929 bits per heavy atom. The minimum atomic E-state index is -0.284. The van der Waals surface area contributed by atoms with Gasteiger partial charge >= 0.3 is 6.03 Å². The first-order chi connectivity index (χ1) is 19.9. The molecule has 1 fully saturated rings. The number of para-hydroxylation sites is 1. The number of carbonyl (C=O) groups is 1. The Morgan fingerprint density at radius 2 is 1.64 bits per heavy atom. The van der Waals surface area contributed by atoms with Crippen LogP contribution in [0.3, 0.4) is 0 Å². The smallest absolute Gasteiger partial charge is 0.319 e. The Hall–Kier alpha value is -4.04. The van der Waals surface area contributed by atoms with Crippen LogP contribution in [0.5, 0.6) is 5.75 Å². The van der Waals surface area contributed by atoms with Gasteiger partial charge in [0.25, 0.3) is 0 Å². The van der Waals surface area contributed by atoms with Crippen LogP contribution in [0.4, 0.5) is 16.2 Å². The highest BCUT2D eigenvalue weighted by Gasteiger charge is 2.21. The van der Waals surface area contributed by atoms with E-state index in [9.17, 15) is 4.79 Å². The number of H-pyrrole nitrogens is 1. The van der Waals surface area contributed by atoms with Gasteiger partial charge in [0.05, 0.1) is 11.2 Å². The topological polar surface area (TPSA) is 85.5 Å². The first-order valence-corrected chi connectivity index (χ1v) is 14.8. The van der Waals surface area contributed by atoms with Crippen molar-refractivity contribution in [1.29, 1.82) is 0 Å². The molecule has 0 aliphatic carbocycles. The Balaban J connectivity index is 1.13. The largest absolute Gasteiger partial charge is 0.492 e. The third-order valence-electron chi connectivity index (χ3n) is 7.48. The summed E-state index contributed by atoms with van der Waals surface area (Å²) in [5.74, 6) is 1.71. The van der Waals surface area contributed by atoms with Gasteiger partial charge in [-0.2, -0.15) is 0 Å². The molecule has 8 heteroatoms. The Morgan fingerprint density at radius 3 is 2.33 bits per heavy atom. The number of amides is 2. The monoisotopic (exact) mass is 568 g/mol. The molecule has 2 heterocycles. The van der Waals surface area contributed by atoms with Crippen LogP contribution in [0, 0.1) is 0 Å². The number of fused-ring (bicyclic) bond motifs is 1. The summed E-state index contributed by atoms with van der Waals surface area (Å²) in [6.07, 6.45) is 0. The molecule has 0 saturated carbocycles. The van der Waals surface area contributed by atoms with Crippen molar-refractivity contribution in [1.82, 2.24) is 20.2 Å². The fourth-order valence-corrected chi connectivity index (χ4v) is 5.18. The number of nitrogens with zero attached hydrogens (tertiary/aromatic N) is 3. The number of piperazine rings is 1. The summed E-state index contributed by atoms with van der Waals surface area (Å²) in [6.45, 7) is 17.9. The molecule has 1 aliphatic rings. The number of aromatic nitrogens is 2. The van der Waals surface area contributed by atoms with Crippen molar-refractivity contribution in [3.8, 4) is 17.1 Å². The molecular formula is C34H44N6O2. The van der Waals surface area contributed by atoms with E-state index >= 15 is 0 Å². The summed E-state index contributed by atoms with van der Waals surface area (Å²) in [5.41, 5.74) is 6.23. The summed E-state index contributed by atoms with van der Waals surface area (Å²) in [5, 5.41) is 5.75. The first-order valence-electron chi connectivity index (χ1n) is 14.8. The summed E-state index contributed by atoms with van der Waals surface area (Å²) < 4.78 is 5.99. The van der Waals surface area contributed by atoms with E-state index in [1.807, 2.05) is 45.0 Å². The Kier molecular flexibility index (Phi) is 8.45. The lowest BCUT2D eigenvalue weighted by molar-refractivity contribution is 0.200. The van der Waals surface area contributed by atoms with Crippen molar-refractivity contribution in [2.45, 2.75) is 52.5 Å². The maximum Gasteiger partial charge on any atom is 0.319 e. The molecule has 5 rings (SSSR count). The number of imidazole rings is 1. The van der Waals surface area contributed by atoms with Crippen molar-refractivity contribution < 1.29 is 9.53 Å². The molecule has 0 unspecified atom stereocenters. The van der Waals surface area contributed by atoms with E-state index in [-0.39, 0.29) is 17.0 Å². The lowest BCUT2D eigenvalue weighted by atomic mass is 9.86. The molecule has 1 saturated heterocycles. The predicted octanol–water partition coefficient (Wildman–Crippen LogP) is 6.65. The zero-order chi connectivity index (χ0) is 29.9. The number of anilines is 2.